The van der Waals surface area contributed by atoms with Crippen LogP contribution in [0.1, 0.15) is 48.7 Å². The highest BCUT2D eigenvalue weighted by Gasteiger charge is 2.34. The minimum absolute atomic E-state index is 0.0607. The number of thiophene rings is 1. The van der Waals surface area contributed by atoms with Gasteiger partial charge >= 0.3 is 18.1 Å². The molecule has 0 spiro atoms. The van der Waals surface area contributed by atoms with Gasteiger partial charge in [0.1, 0.15) is 15.6 Å². The molecule has 0 unspecified atom stereocenters. The van der Waals surface area contributed by atoms with E-state index < -0.39 is 35.4 Å². The van der Waals surface area contributed by atoms with Gasteiger partial charge < -0.3 is 14.8 Å². The summed E-state index contributed by atoms with van der Waals surface area (Å²) in [7, 11) is 1.11. The van der Waals surface area contributed by atoms with Gasteiger partial charge in [0.25, 0.3) is 5.91 Å². The molecular weight excluding hydrogens is 391 g/mol. The van der Waals surface area contributed by atoms with E-state index in [9.17, 15) is 27.6 Å². The molecule has 8 nitrogen and oxygen atoms in total. The van der Waals surface area contributed by atoms with Crippen LogP contribution in [-0.2, 0) is 15.7 Å². The van der Waals surface area contributed by atoms with Crippen molar-refractivity contribution in [1.82, 2.24) is 10.2 Å². The fourth-order valence-electron chi connectivity index (χ4n) is 2.09. The molecular formula is C15H14F3N3O5S. The summed E-state index contributed by atoms with van der Waals surface area (Å²) in [5.74, 6) is -2.53. The number of hydrogen-bond donors (Lipinski definition) is 2. The van der Waals surface area contributed by atoms with Gasteiger partial charge in [-0.25, -0.2) is 9.59 Å². The smallest absolute Gasteiger partial charge is 0.432 e. The first-order valence-electron chi connectivity index (χ1n) is 7.42. The number of carbonyl (C=O) groups excluding carboxylic acids is 3. The number of esters is 2. The van der Waals surface area contributed by atoms with Crippen LogP contribution < -0.4 is 5.32 Å². The van der Waals surface area contributed by atoms with Crippen LogP contribution in [0.4, 0.5) is 18.2 Å². The fourth-order valence-corrected chi connectivity index (χ4v) is 3.17. The molecule has 2 rings (SSSR count). The van der Waals surface area contributed by atoms with Gasteiger partial charge in [0.15, 0.2) is 5.69 Å². The number of ether oxygens (including phenoxy) is 2. The van der Waals surface area contributed by atoms with Crippen molar-refractivity contribution in [3.05, 3.63) is 33.5 Å². The number of hydrogen-bond acceptors (Lipinski definition) is 7. The van der Waals surface area contributed by atoms with Crippen molar-refractivity contribution in [2.75, 3.05) is 19.0 Å². The van der Waals surface area contributed by atoms with Gasteiger partial charge in [-0.05, 0) is 19.4 Å². The fraction of sp³-hybridized carbons (Fsp3) is 0.333. The Balaban J connectivity index is 2.38. The summed E-state index contributed by atoms with van der Waals surface area (Å²) in [5.41, 5.74) is -1.61. The Kier molecular flexibility index (Phi) is 5.88. The standard InChI is InChI=1S/C15H14F3N3O5S/c1-4-26-14(24)10-6(2)9(13(23)25-3)12(27-10)19-11(22)7-5-8(21-20-7)15(16,17)18/h5H,4H2,1-3H3,(H,19,22)(H,20,21). The third-order valence-electron chi connectivity index (χ3n) is 3.34. The first-order valence-corrected chi connectivity index (χ1v) is 8.24. The lowest BCUT2D eigenvalue weighted by Gasteiger charge is -2.04. The molecule has 27 heavy (non-hydrogen) atoms. The molecule has 2 aromatic rings. The van der Waals surface area contributed by atoms with Crippen LogP contribution in [-0.4, -0.2) is 41.8 Å². The van der Waals surface area contributed by atoms with Crippen molar-refractivity contribution in [2.24, 2.45) is 0 Å². The van der Waals surface area contributed by atoms with Crippen molar-refractivity contribution in [1.29, 1.82) is 0 Å². The highest BCUT2D eigenvalue weighted by molar-refractivity contribution is 7.18. The number of aromatic nitrogens is 2. The monoisotopic (exact) mass is 405 g/mol. The van der Waals surface area contributed by atoms with Gasteiger partial charge in [-0.1, -0.05) is 0 Å². The minimum Gasteiger partial charge on any atom is -0.465 e. The van der Waals surface area contributed by atoms with E-state index in [1.165, 1.54) is 6.92 Å². The van der Waals surface area contributed by atoms with Gasteiger partial charge in [0.2, 0.25) is 0 Å². The molecule has 0 saturated heterocycles. The highest BCUT2D eigenvalue weighted by atomic mass is 32.1. The Morgan fingerprint density at radius 2 is 1.96 bits per heavy atom. The molecule has 0 aliphatic rings. The molecule has 0 aromatic carbocycles. The number of nitrogens with zero attached hydrogens (tertiary/aromatic N) is 1. The number of H-pyrrole nitrogens is 1. The van der Waals surface area contributed by atoms with Gasteiger partial charge in [-0.3, -0.25) is 9.89 Å². The van der Waals surface area contributed by atoms with Crippen molar-refractivity contribution in [2.45, 2.75) is 20.0 Å². The van der Waals surface area contributed by atoms with Gasteiger partial charge in [0, 0.05) is 6.07 Å². The third-order valence-corrected chi connectivity index (χ3v) is 4.53. The summed E-state index contributed by atoms with van der Waals surface area (Å²) in [5, 5.41) is 7.24. The average Bonchev–Trinajstić information content (AvgIpc) is 3.20. The molecule has 0 saturated carbocycles. The van der Waals surface area contributed by atoms with Crippen molar-refractivity contribution < 1.29 is 37.0 Å². The Bertz CT molecular complexity index is 888. The Morgan fingerprint density at radius 3 is 2.48 bits per heavy atom. The number of nitrogens with one attached hydrogen (secondary N) is 2. The van der Waals surface area contributed by atoms with Crippen LogP contribution in [0.5, 0.6) is 0 Å². The maximum atomic E-state index is 12.6. The Labute approximate surface area is 154 Å². The number of alkyl halides is 3. The van der Waals surface area contributed by atoms with Crippen molar-refractivity contribution in [3.63, 3.8) is 0 Å². The summed E-state index contributed by atoms with van der Waals surface area (Å²) >= 11 is 0.746. The summed E-state index contributed by atoms with van der Waals surface area (Å²) in [6.45, 7) is 3.15. The topological polar surface area (TPSA) is 110 Å². The average molecular weight is 405 g/mol. The first kappa shape index (κ1) is 20.4. The predicted molar refractivity (Wildman–Crippen MR) is 87.9 cm³/mol. The van der Waals surface area contributed by atoms with Crippen LogP contribution in [0.15, 0.2) is 6.07 Å². The summed E-state index contributed by atoms with van der Waals surface area (Å²) in [6.07, 6.45) is -4.70. The number of aromatic amines is 1. The number of rotatable bonds is 5. The van der Waals surface area contributed by atoms with E-state index in [1.807, 2.05) is 0 Å². The molecule has 12 heteroatoms. The lowest BCUT2D eigenvalue weighted by atomic mass is 10.1. The molecule has 1 amide bonds. The molecule has 0 aliphatic carbocycles. The second-order valence-corrected chi connectivity index (χ2v) is 6.11. The van der Waals surface area contributed by atoms with E-state index in [4.69, 9.17) is 4.74 Å². The zero-order valence-corrected chi connectivity index (χ0v) is 15.1. The highest BCUT2D eigenvalue weighted by Crippen LogP contribution is 2.35. The number of amides is 1. The maximum absolute atomic E-state index is 12.6. The van der Waals surface area contributed by atoms with Gasteiger partial charge in [0.05, 0.1) is 19.3 Å². The third kappa shape index (κ3) is 4.27. The molecule has 146 valence electrons. The largest absolute Gasteiger partial charge is 0.465 e. The van der Waals surface area contributed by atoms with Crippen molar-refractivity contribution >= 4 is 34.2 Å². The number of carbonyl (C=O) groups is 3. The normalized spacial score (nSPS) is 11.2. The van der Waals surface area contributed by atoms with E-state index in [1.54, 1.807) is 12.0 Å². The molecule has 0 aliphatic heterocycles. The molecule has 0 fully saturated rings. The zero-order valence-electron chi connectivity index (χ0n) is 14.3. The molecule has 2 N–H and O–H groups in total. The lowest BCUT2D eigenvalue weighted by molar-refractivity contribution is -0.141. The van der Waals surface area contributed by atoms with Crippen LogP contribution >= 0.6 is 11.3 Å². The lowest BCUT2D eigenvalue weighted by Crippen LogP contribution is -2.14. The zero-order chi connectivity index (χ0) is 20.4. The number of anilines is 1. The Hall–Kier alpha value is -2.89. The predicted octanol–water partition coefficient (Wildman–Crippen LogP) is 3.01. The second kappa shape index (κ2) is 7.78. The van der Waals surface area contributed by atoms with Crippen LogP contribution in [0.3, 0.4) is 0 Å². The molecule has 0 bridgehead atoms. The van der Waals surface area contributed by atoms with E-state index in [2.05, 4.69) is 15.2 Å². The van der Waals surface area contributed by atoms with Gasteiger partial charge in [-0.15, -0.1) is 11.3 Å². The Morgan fingerprint density at radius 1 is 1.30 bits per heavy atom. The summed E-state index contributed by atoms with van der Waals surface area (Å²) in [4.78, 5) is 36.3. The number of halogens is 3. The van der Waals surface area contributed by atoms with E-state index >= 15 is 0 Å². The molecule has 0 atom stereocenters. The van der Waals surface area contributed by atoms with Crippen LogP contribution in [0.2, 0.25) is 0 Å². The van der Waals surface area contributed by atoms with Crippen LogP contribution in [0.25, 0.3) is 0 Å². The quantitative estimate of drug-likeness (QED) is 0.740. The molecule has 0 radical (unpaired) electrons. The minimum atomic E-state index is -4.70. The van der Waals surface area contributed by atoms with Gasteiger partial charge in [-0.2, -0.15) is 18.3 Å². The van der Waals surface area contributed by atoms with Crippen molar-refractivity contribution in [3.8, 4) is 0 Å². The summed E-state index contributed by atoms with van der Waals surface area (Å²) < 4.78 is 47.4. The maximum Gasteiger partial charge on any atom is 0.432 e. The first-order chi connectivity index (χ1) is 12.6. The second-order valence-electron chi connectivity index (χ2n) is 5.09. The summed E-state index contributed by atoms with van der Waals surface area (Å²) in [6, 6.07) is 0.528. The van der Waals surface area contributed by atoms with E-state index in [-0.39, 0.29) is 27.6 Å². The molecule has 2 heterocycles. The van der Waals surface area contributed by atoms with E-state index in [0.717, 1.165) is 18.4 Å². The van der Waals surface area contributed by atoms with E-state index in [0.29, 0.717) is 6.07 Å². The molecule has 2 aromatic heterocycles. The number of methoxy groups -OCH3 is 1. The SMILES string of the molecule is CCOC(=O)c1sc(NC(=O)c2cc(C(F)(F)F)[nH]n2)c(C(=O)OC)c1C. The van der Waals surface area contributed by atoms with Crippen LogP contribution in [0, 0.1) is 6.92 Å².